The van der Waals surface area contributed by atoms with E-state index in [1.807, 2.05) is 18.2 Å². The molecule has 2 heterocycles. The number of rotatable bonds is 2. The molecule has 2 heteroatoms. The lowest BCUT2D eigenvalue weighted by atomic mass is 9.76. The van der Waals surface area contributed by atoms with Crippen LogP contribution in [-0.4, -0.2) is 0 Å². The van der Waals surface area contributed by atoms with Crippen LogP contribution < -0.4 is 0 Å². The van der Waals surface area contributed by atoms with Crippen LogP contribution in [0.2, 0.25) is 0 Å². The number of fused-ring (bicyclic) bond motifs is 20. The molecule has 286 valence electrons. The summed E-state index contributed by atoms with van der Waals surface area (Å²) < 4.78 is 12.6. The maximum atomic E-state index is 6.34. The van der Waals surface area contributed by atoms with Crippen molar-refractivity contribution >= 4 is 76.2 Å². The number of furan rings is 2. The summed E-state index contributed by atoms with van der Waals surface area (Å²) in [6.45, 7) is 0. The third kappa shape index (κ3) is 4.75. The molecule has 62 heavy (non-hydrogen) atoms. The van der Waals surface area contributed by atoms with Gasteiger partial charge in [0.25, 0.3) is 0 Å². The molecule has 2 aromatic heterocycles. The molecule has 11 aromatic carbocycles. The van der Waals surface area contributed by atoms with E-state index in [9.17, 15) is 0 Å². The molecule has 14 rings (SSSR count). The van der Waals surface area contributed by atoms with E-state index in [0.717, 1.165) is 60.6 Å². The minimum absolute atomic E-state index is 0.894. The van der Waals surface area contributed by atoms with Crippen LogP contribution in [0.5, 0.6) is 0 Å². The Balaban J connectivity index is 1.10. The average Bonchev–Trinajstić information content (AvgIpc) is 3.91. The maximum absolute atomic E-state index is 6.34. The summed E-state index contributed by atoms with van der Waals surface area (Å²) >= 11 is 0. The van der Waals surface area contributed by atoms with E-state index in [1.54, 1.807) is 0 Å². The Kier molecular flexibility index (Phi) is 6.86. The second kappa shape index (κ2) is 12.7. The standard InChI is InChI=1S/C60H34O2/c1-3-14-41-39(12-1)40-13-2-4-15-42(40)51-34-53-47-21-11-20-38(37-26-29-59-55(32-37)46-19-8-10-23-57(46)62-59)60(47)48-27-24-35(30-49(48)43-16-5-6-17-44(43)52(53)33-50(41)51)36-25-28-58-54(31-36)45-18-7-9-22-56(45)61-58/h1-34H. The zero-order valence-electron chi connectivity index (χ0n) is 33.4. The Morgan fingerprint density at radius 3 is 1.21 bits per heavy atom. The highest BCUT2D eigenvalue weighted by Gasteiger charge is 2.26. The van der Waals surface area contributed by atoms with Gasteiger partial charge in [0, 0.05) is 21.5 Å². The van der Waals surface area contributed by atoms with E-state index in [0.29, 0.717) is 0 Å². The van der Waals surface area contributed by atoms with E-state index in [4.69, 9.17) is 8.83 Å². The molecule has 0 saturated carbocycles. The van der Waals surface area contributed by atoms with Gasteiger partial charge in [0.2, 0.25) is 0 Å². The van der Waals surface area contributed by atoms with E-state index in [2.05, 4.69) is 188 Å². The van der Waals surface area contributed by atoms with E-state index >= 15 is 0 Å². The molecule has 0 spiro atoms. The van der Waals surface area contributed by atoms with Gasteiger partial charge in [0.15, 0.2) is 0 Å². The Morgan fingerprint density at radius 1 is 0.194 bits per heavy atom. The van der Waals surface area contributed by atoms with Crippen molar-refractivity contribution in [2.45, 2.75) is 0 Å². The van der Waals surface area contributed by atoms with Crippen molar-refractivity contribution in [1.82, 2.24) is 0 Å². The van der Waals surface area contributed by atoms with Gasteiger partial charge in [-0.2, -0.15) is 0 Å². The summed E-state index contributed by atoms with van der Waals surface area (Å²) in [6.07, 6.45) is 0. The predicted molar refractivity (Wildman–Crippen MR) is 260 cm³/mol. The van der Waals surface area contributed by atoms with Crippen LogP contribution in [-0.2, 0) is 0 Å². The topological polar surface area (TPSA) is 26.3 Å². The zero-order valence-corrected chi connectivity index (χ0v) is 33.4. The second-order valence-electron chi connectivity index (χ2n) is 16.7. The molecule has 0 atom stereocenters. The highest BCUT2D eigenvalue weighted by atomic mass is 16.3. The van der Waals surface area contributed by atoms with Gasteiger partial charge in [-0.15, -0.1) is 0 Å². The molecule has 0 amide bonds. The van der Waals surface area contributed by atoms with Crippen molar-refractivity contribution in [3.63, 3.8) is 0 Å². The van der Waals surface area contributed by atoms with Gasteiger partial charge in [0.05, 0.1) is 0 Å². The quantitative estimate of drug-likeness (QED) is 0.163. The fraction of sp³-hybridized carbons (Fsp3) is 0. The molecule has 0 aliphatic heterocycles. The van der Waals surface area contributed by atoms with E-state index < -0.39 is 0 Å². The first kappa shape index (κ1) is 33.6. The minimum Gasteiger partial charge on any atom is -0.456 e. The highest BCUT2D eigenvalue weighted by Crippen LogP contribution is 2.53. The summed E-state index contributed by atoms with van der Waals surface area (Å²) in [5, 5.41) is 12.1. The third-order valence-corrected chi connectivity index (χ3v) is 13.4. The van der Waals surface area contributed by atoms with Crippen molar-refractivity contribution in [3.8, 4) is 66.8 Å². The van der Waals surface area contributed by atoms with Crippen molar-refractivity contribution in [1.29, 1.82) is 0 Å². The lowest BCUT2D eigenvalue weighted by Crippen LogP contribution is -2.00. The van der Waals surface area contributed by atoms with Crippen molar-refractivity contribution in [2.24, 2.45) is 0 Å². The van der Waals surface area contributed by atoms with Crippen LogP contribution in [0, 0.1) is 0 Å². The Labute approximate surface area is 356 Å². The molecule has 2 nitrogen and oxygen atoms in total. The normalized spacial score (nSPS) is 12.2. The van der Waals surface area contributed by atoms with E-state index in [-0.39, 0.29) is 0 Å². The lowest BCUT2D eigenvalue weighted by Gasteiger charge is -2.26. The molecule has 0 N–H and O–H groups in total. The van der Waals surface area contributed by atoms with Gasteiger partial charge < -0.3 is 8.83 Å². The average molecular weight is 787 g/mol. The van der Waals surface area contributed by atoms with E-state index in [1.165, 1.54) is 82.4 Å². The Bertz CT molecular complexity index is 4050. The fourth-order valence-electron chi connectivity index (χ4n) is 10.6. The molecule has 1 aliphatic rings. The van der Waals surface area contributed by atoms with Gasteiger partial charge in [0.1, 0.15) is 22.3 Å². The summed E-state index contributed by atoms with van der Waals surface area (Å²) in [6, 6.07) is 75.7. The molecule has 0 fully saturated rings. The predicted octanol–water partition coefficient (Wildman–Crippen LogP) is 17.3. The Morgan fingerprint density at radius 2 is 0.597 bits per heavy atom. The monoisotopic (exact) mass is 786 g/mol. The van der Waals surface area contributed by atoms with Crippen LogP contribution in [0.15, 0.2) is 215 Å². The Hall–Kier alpha value is -8.20. The second-order valence-corrected chi connectivity index (χ2v) is 16.7. The van der Waals surface area contributed by atoms with Gasteiger partial charge in [-0.1, -0.05) is 152 Å². The molecule has 0 bridgehead atoms. The summed E-state index contributed by atoms with van der Waals surface area (Å²) in [7, 11) is 0. The van der Waals surface area contributed by atoms with Gasteiger partial charge >= 0.3 is 0 Å². The van der Waals surface area contributed by atoms with Crippen LogP contribution in [0.3, 0.4) is 0 Å². The first-order valence-corrected chi connectivity index (χ1v) is 21.3. The summed E-state index contributed by atoms with van der Waals surface area (Å²) in [5.74, 6) is 0. The first-order chi connectivity index (χ1) is 30.7. The molecule has 0 unspecified atom stereocenters. The van der Waals surface area contributed by atoms with Gasteiger partial charge in [-0.25, -0.2) is 0 Å². The summed E-state index contributed by atoms with van der Waals surface area (Å²) in [4.78, 5) is 0. The van der Waals surface area contributed by atoms with Crippen LogP contribution >= 0.6 is 0 Å². The van der Waals surface area contributed by atoms with Crippen LogP contribution in [0.4, 0.5) is 0 Å². The van der Waals surface area contributed by atoms with Crippen LogP contribution in [0.1, 0.15) is 0 Å². The SMILES string of the molecule is c1ccc2c(c1)-c1cc3c4ccccc4c4ccccc4c3cc1-c1cccc(-c3ccc4oc5ccccc5c4c3)c1-c1ccc(-c3ccc4oc5ccccc5c4c3)cc1-2. The number of benzene rings is 11. The molecular formula is C60H34O2. The number of para-hydroxylation sites is 2. The van der Waals surface area contributed by atoms with Crippen molar-refractivity contribution < 1.29 is 8.83 Å². The highest BCUT2D eigenvalue weighted by molar-refractivity contribution is 6.27. The minimum atomic E-state index is 0.894. The molecule has 0 radical (unpaired) electrons. The fourth-order valence-corrected chi connectivity index (χ4v) is 10.6. The third-order valence-electron chi connectivity index (χ3n) is 13.4. The molecule has 13 aromatic rings. The molecular weight excluding hydrogens is 753 g/mol. The molecule has 1 aliphatic carbocycles. The lowest BCUT2D eigenvalue weighted by molar-refractivity contribution is 0.668. The summed E-state index contributed by atoms with van der Waals surface area (Å²) in [5.41, 5.74) is 18.0. The first-order valence-electron chi connectivity index (χ1n) is 21.3. The number of hydrogen-bond acceptors (Lipinski definition) is 2. The maximum Gasteiger partial charge on any atom is 0.135 e. The smallest absolute Gasteiger partial charge is 0.135 e. The molecule has 0 saturated heterocycles. The zero-order chi connectivity index (χ0) is 40.5. The van der Waals surface area contributed by atoms with Gasteiger partial charge in [-0.3, -0.25) is 0 Å². The van der Waals surface area contributed by atoms with Gasteiger partial charge in [-0.05, 0) is 154 Å². The number of hydrogen-bond donors (Lipinski definition) is 0. The van der Waals surface area contributed by atoms with Crippen LogP contribution in [0.25, 0.3) is 143 Å². The largest absolute Gasteiger partial charge is 0.456 e. The van der Waals surface area contributed by atoms with Crippen molar-refractivity contribution in [2.75, 3.05) is 0 Å². The van der Waals surface area contributed by atoms with Crippen molar-refractivity contribution in [3.05, 3.63) is 206 Å².